The van der Waals surface area contributed by atoms with Crippen LogP contribution < -0.4 is 4.90 Å². The van der Waals surface area contributed by atoms with Crippen molar-refractivity contribution < 1.29 is 14.7 Å². The zero-order valence-electron chi connectivity index (χ0n) is 12.5. The first-order valence-electron chi connectivity index (χ1n) is 7.10. The van der Waals surface area contributed by atoms with Crippen molar-refractivity contribution in [2.24, 2.45) is 0 Å². The quantitative estimate of drug-likeness (QED) is 0.577. The van der Waals surface area contributed by atoms with Crippen LogP contribution in [0.1, 0.15) is 21.7 Å². The maximum atomic E-state index is 12.8. The van der Waals surface area contributed by atoms with Crippen molar-refractivity contribution in [3.63, 3.8) is 0 Å². The number of aliphatic hydroxyl groups is 1. The number of anilines is 1. The highest BCUT2D eigenvalue weighted by Crippen LogP contribution is 2.44. The molecular formula is C17H13BrClNO3S. The fourth-order valence-corrected chi connectivity index (χ4v) is 4.13. The van der Waals surface area contributed by atoms with Gasteiger partial charge in [-0.1, -0.05) is 33.6 Å². The third-order valence-electron chi connectivity index (χ3n) is 3.87. The Labute approximate surface area is 156 Å². The van der Waals surface area contributed by atoms with Gasteiger partial charge in [0.05, 0.1) is 21.3 Å². The summed E-state index contributed by atoms with van der Waals surface area (Å²) >= 11 is 10.3. The molecule has 0 radical (unpaired) electrons. The fourth-order valence-electron chi connectivity index (χ4n) is 2.79. The average Bonchev–Trinajstić information content (AvgIpc) is 3.05. The van der Waals surface area contributed by atoms with Crippen LogP contribution in [0.2, 0.25) is 4.34 Å². The Balaban J connectivity index is 2.02. The van der Waals surface area contributed by atoms with Gasteiger partial charge in [-0.2, -0.15) is 0 Å². The van der Waals surface area contributed by atoms with Crippen LogP contribution in [0, 0.1) is 0 Å². The van der Waals surface area contributed by atoms with Gasteiger partial charge in [-0.15, -0.1) is 17.9 Å². The zero-order chi connectivity index (χ0) is 17.5. The van der Waals surface area contributed by atoms with Crippen molar-refractivity contribution in [1.29, 1.82) is 0 Å². The molecule has 2 heterocycles. The molecule has 1 amide bonds. The monoisotopic (exact) mass is 425 g/mol. The van der Waals surface area contributed by atoms with Gasteiger partial charge < -0.3 is 10.0 Å². The Morgan fingerprint density at radius 1 is 1.42 bits per heavy atom. The van der Waals surface area contributed by atoms with E-state index in [1.807, 2.05) is 0 Å². The Kier molecular flexibility index (Phi) is 4.66. The lowest BCUT2D eigenvalue weighted by molar-refractivity contribution is -0.135. The molecule has 0 bridgehead atoms. The zero-order valence-corrected chi connectivity index (χ0v) is 15.6. The first-order valence-corrected chi connectivity index (χ1v) is 9.09. The van der Waals surface area contributed by atoms with Gasteiger partial charge in [0.2, 0.25) is 0 Å². The van der Waals surface area contributed by atoms with Crippen molar-refractivity contribution in [3.8, 4) is 0 Å². The summed E-state index contributed by atoms with van der Waals surface area (Å²) in [5, 5.41) is 11.1. The van der Waals surface area contributed by atoms with Crippen LogP contribution >= 0.6 is 38.9 Å². The molecule has 1 aliphatic rings. The summed E-state index contributed by atoms with van der Waals surface area (Å²) in [4.78, 5) is 27.2. The van der Waals surface area contributed by atoms with E-state index in [4.69, 9.17) is 11.6 Å². The van der Waals surface area contributed by atoms with Crippen LogP contribution in [0.25, 0.3) is 0 Å². The lowest BCUT2D eigenvalue weighted by Crippen LogP contribution is -2.41. The van der Waals surface area contributed by atoms with Crippen LogP contribution in [0.5, 0.6) is 0 Å². The second kappa shape index (κ2) is 6.44. The molecule has 3 rings (SSSR count). The number of Topliss-reactive ketones (excluding diaryl/α,β-unsaturated/α-hetero) is 1. The average molecular weight is 427 g/mol. The molecule has 1 N–H and O–H groups in total. The van der Waals surface area contributed by atoms with E-state index in [1.165, 1.54) is 4.90 Å². The van der Waals surface area contributed by atoms with E-state index < -0.39 is 11.5 Å². The van der Waals surface area contributed by atoms with Crippen LogP contribution in [0.15, 0.2) is 47.5 Å². The van der Waals surface area contributed by atoms with Crippen LogP contribution in [0.3, 0.4) is 0 Å². The molecule has 0 fully saturated rings. The summed E-state index contributed by atoms with van der Waals surface area (Å²) in [7, 11) is 0. The Bertz CT molecular complexity index is 850. The summed E-state index contributed by atoms with van der Waals surface area (Å²) in [6.07, 6.45) is 1.25. The predicted molar refractivity (Wildman–Crippen MR) is 98.9 cm³/mol. The number of ketones is 1. The van der Waals surface area contributed by atoms with Crippen LogP contribution in [-0.4, -0.2) is 23.3 Å². The lowest BCUT2D eigenvalue weighted by Gasteiger charge is -2.21. The molecule has 1 aromatic heterocycles. The van der Waals surface area contributed by atoms with Crippen LogP contribution in [0.4, 0.5) is 5.69 Å². The van der Waals surface area contributed by atoms with Gasteiger partial charge >= 0.3 is 0 Å². The van der Waals surface area contributed by atoms with Crippen molar-refractivity contribution in [3.05, 3.63) is 62.2 Å². The number of thiophene rings is 1. The van der Waals surface area contributed by atoms with Crippen molar-refractivity contribution >= 4 is 56.2 Å². The number of fused-ring (bicyclic) bond motifs is 1. The highest BCUT2D eigenvalue weighted by molar-refractivity contribution is 9.10. The molecule has 124 valence electrons. The van der Waals surface area contributed by atoms with E-state index in [1.54, 1.807) is 36.4 Å². The number of carbonyl (C=O) groups is 2. The smallest absolute Gasteiger partial charge is 0.264 e. The number of hydrogen-bond donors (Lipinski definition) is 1. The van der Waals surface area contributed by atoms with Crippen molar-refractivity contribution in [1.82, 2.24) is 0 Å². The number of carbonyl (C=O) groups excluding carboxylic acids is 2. The molecular weight excluding hydrogens is 414 g/mol. The van der Waals surface area contributed by atoms with E-state index in [2.05, 4.69) is 22.5 Å². The summed E-state index contributed by atoms with van der Waals surface area (Å²) in [5.74, 6) is -0.847. The highest BCUT2D eigenvalue weighted by Gasteiger charge is 2.50. The van der Waals surface area contributed by atoms with Gasteiger partial charge in [-0.3, -0.25) is 9.59 Å². The minimum atomic E-state index is -1.89. The molecule has 1 unspecified atom stereocenters. The second-order valence-corrected chi connectivity index (χ2v) is 8.06. The molecule has 2 aromatic rings. The molecule has 1 atom stereocenters. The second-order valence-electron chi connectivity index (χ2n) is 5.43. The molecule has 0 saturated heterocycles. The summed E-state index contributed by atoms with van der Waals surface area (Å²) in [6, 6.07) is 8.42. The summed E-state index contributed by atoms with van der Waals surface area (Å²) in [6.45, 7) is 3.90. The van der Waals surface area contributed by atoms with Gasteiger partial charge in [0.1, 0.15) is 0 Å². The fraction of sp³-hybridized carbons (Fsp3) is 0.176. The molecule has 4 nitrogen and oxygen atoms in total. The largest absolute Gasteiger partial charge is 0.375 e. The minimum Gasteiger partial charge on any atom is -0.375 e. The molecule has 7 heteroatoms. The van der Waals surface area contributed by atoms with Crippen molar-refractivity contribution in [2.45, 2.75) is 12.0 Å². The Morgan fingerprint density at radius 2 is 2.17 bits per heavy atom. The topological polar surface area (TPSA) is 57.6 Å². The first kappa shape index (κ1) is 17.4. The number of amides is 1. The molecule has 24 heavy (non-hydrogen) atoms. The lowest BCUT2D eigenvalue weighted by atomic mass is 9.89. The van der Waals surface area contributed by atoms with Gasteiger partial charge in [-0.05, 0) is 30.3 Å². The number of benzene rings is 1. The molecule has 0 aliphatic carbocycles. The van der Waals surface area contributed by atoms with Gasteiger partial charge in [0, 0.05) is 16.6 Å². The SMILES string of the molecule is C=CCN1C(=O)C(O)(CC(=O)c2ccc(Cl)s2)c2cc(Br)ccc21. The van der Waals surface area contributed by atoms with Crippen molar-refractivity contribution in [2.75, 3.05) is 11.4 Å². The van der Waals surface area contributed by atoms with E-state index in [-0.39, 0.29) is 18.7 Å². The van der Waals surface area contributed by atoms with E-state index in [0.717, 1.165) is 15.8 Å². The number of rotatable bonds is 5. The normalized spacial score (nSPS) is 19.5. The maximum absolute atomic E-state index is 12.8. The number of hydrogen-bond acceptors (Lipinski definition) is 4. The van der Waals surface area contributed by atoms with Gasteiger partial charge in [-0.25, -0.2) is 0 Å². The third-order valence-corrected chi connectivity index (χ3v) is 5.64. The standard InChI is InChI=1S/C17H13BrClNO3S/c1-2-7-20-12-4-3-10(18)8-11(12)17(23,16(20)22)9-13(21)14-5-6-15(19)24-14/h2-6,8,23H,1,7,9H2. The molecule has 1 aromatic carbocycles. The maximum Gasteiger partial charge on any atom is 0.264 e. The minimum absolute atomic E-state index is 0.259. The van der Waals surface area contributed by atoms with E-state index in [9.17, 15) is 14.7 Å². The Morgan fingerprint density at radius 3 is 2.79 bits per heavy atom. The van der Waals surface area contributed by atoms with Crippen LogP contribution in [-0.2, 0) is 10.4 Å². The summed E-state index contributed by atoms with van der Waals surface area (Å²) < 4.78 is 1.21. The number of nitrogens with zero attached hydrogens (tertiary/aromatic N) is 1. The Hall–Kier alpha value is -1.47. The van der Waals surface area contributed by atoms with Gasteiger partial charge in [0.25, 0.3) is 5.91 Å². The molecule has 0 saturated carbocycles. The predicted octanol–water partition coefficient (Wildman–Crippen LogP) is 4.16. The molecule has 1 aliphatic heterocycles. The summed E-state index contributed by atoms with van der Waals surface area (Å²) in [5.41, 5.74) is -0.891. The number of halogens is 2. The molecule has 0 spiro atoms. The first-order chi connectivity index (χ1) is 11.4. The third kappa shape index (κ3) is 2.84. The van der Waals surface area contributed by atoms with Gasteiger partial charge in [0.15, 0.2) is 11.4 Å². The van der Waals surface area contributed by atoms with E-state index >= 15 is 0 Å². The highest BCUT2D eigenvalue weighted by atomic mass is 79.9. The van der Waals surface area contributed by atoms with E-state index in [0.29, 0.717) is 20.5 Å².